The monoisotopic (exact) mass is 305 g/mol. The van der Waals surface area contributed by atoms with E-state index >= 15 is 0 Å². The van der Waals surface area contributed by atoms with Crippen LogP contribution >= 0.6 is 11.3 Å². The molecule has 0 radical (unpaired) electrons. The smallest absolute Gasteiger partial charge is 0.305 e. The number of halogens is 3. The summed E-state index contributed by atoms with van der Waals surface area (Å²) in [7, 11) is 0. The molecule has 0 saturated heterocycles. The molecule has 20 heavy (non-hydrogen) atoms. The highest BCUT2D eigenvalue weighted by atomic mass is 32.1. The molecule has 0 bridgehead atoms. The fraction of sp³-hybridized carbons (Fsp3) is 0.733. The number of alkyl halides is 3. The molecular formula is C15H22F3NS. The Labute approximate surface area is 122 Å². The Morgan fingerprint density at radius 3 is 2.50 bits per heavy atom. The van der Waals surface area contributed by atoms with E-state index in [4.69, 9.17) is 0 Å². The van der Waals surface area contributed by atoms with Gasteiger partial charge in [-0.1, -0.05) is 27.7 Å². The van der Waals surface area contributed by atoms with Gasteiger partial charge in [-0.05, 0) is 40.2 Å². The van der Waals surface area contributed by atoms with Crippen molar-refractivity contribution in [2.24, 2.45) is 5.41 Å². The van der Waals surface area contributed by atoms with Gasteiger partial charge in [0.05, 0.1) is 6.54 Å². The van der Waals surface area contributed by atoms with Crippen LogP contribution in [0.3, 0.4) is 0 Å². The Balaban J connectivity index is 2.17. The lowest BCUT2D eigenvalue weighted by atomic mass is 9.65. The summed E-state index contributed by atoms with van der Waals surface area (Å²) in [6.45, 7) is 8.32. The van der Waals surface area contributed by atoms with Crippen LogP contribution in [0.15, 0.2) is 5.38 Å². The van der Waals surface area contributed by atoms with E-state index in [1.54, 1.807) is 11.3 Å². The molecule has 1 nitrogen and oxygen atoms in total. The summed E-state index contributed by atoms with van der Waals surface area (Å²) < 4.78 is 36.6. The zero-order chi connectivity index (χ0) is 15.2. The first-order valence-electron chi connectivity index (χ1n) is 6.87. The average molecular weight is 305 g/mol. The molecule has 0 aliphatic heterocycles. The largest absolute Gasteiger partial charge is 0.401 e. The molecule has 0 amide bonds. The van der Waals surface area contributed by atoms with Crippen LogP contribution in [0.5, 0.6) is 0 Å². The standard InChI is InChI=1S/C15H22F3NS/c1-13(2)5-11-10(6-19-9-15(16,17)18)7-20-12(11)14(3,4)8-13/h7,19H,5-6,8-9H2,1-4H3. The van der Waals surface area contributed by atoms with Crippen LogP contribution in [-0.4, -0.2) is 12.7 Å². The Morgan fingerprint density at radius 1 is 1.25 bits per heavy atom. The normalized spacial score (nSPS) is 20.8. The molecule has 0 fully saturated rings. The predicted octanol–water partition coefficient (Wildman–Crippen LogP) is 4.65. The van der Waals surface area contributed by atoms with Crippen LogP contribution in [0.4, 0.5) is 13.2 Å². The van der Waals surface area contributed by atoms with E-state index in [-0.39, 0.29) is 10.8 Å². The minimum absolute atomic E-state index is 0.115. The average Bonchev–Trinajstić information content (AvgIpc) is 2.57. The lowest BCUT2D eigenvalue weighted by Crippen LogP contribution is -2.34. The van der Waals surface area contributed by atoms with E-state index in [0.717, 1.165) is 18.4 Å². The minimum Gasteiger partial charge on any atom is -0.305 e. The third-order valence-electron chi connectivity index (χ3n) is 3.81. The Kier molecular flexibility index (Phi) is 3.97. The molecule has 1 N–H and O–H groups in total. The van der Waals surface area contributed by atoms with Gasteiger partial charge < -0.3 is 5.32 Å². The molecule has 1 aromatic rings. The van der Waals surface area contributed by atoms with Crippen LogP contribution in [0.1, 0.15) is 50.1 Å². The molecule has 1 heterocycles. The quantitative estimate of drug-likeness (QED) is 0.857. The fourth-order valence-electron chi connectivity index (χ4n) is 3.48. The van der Waals surface area contributed by atoms with Crippen molar-refractivity contribution in [2.45, 2.75) is 58.7 Å². The van der Waals surface area contributed by atoms with Crippen LogP contribution in [-0.2, 0) is 18.4 Å². The second-order valence-corrected chi connectivity index (χ2v) is 8.07. The molecule has 0 unspecified atom stereocenters. The molecular weight excluding hydrogens is 283 g/mol. The molecule has 5 heteroatoms. The van der Waals surface area contributed by atoms with E-state index in [1.807, 2.05) is 5.38 Å². The number of thiophene rings is 1. The molecule has 2 rings (SSSR count). The molecule has 1 aromatic heterocycles. The van der Waals surface area contributed by atoms with Crippen LogP contribution in [0.2, 0.25) is 0 Å². The van der Waals surface area contributed by atoms with Crippen molar-refractivity contribution in [3.8, 4) is 0 Å². The Morgan fingerprint density at radius 2 is 1.90 bits per heavy atom. The Bertz CT molecular complexity index is 486. The summed E-state index contributed by atoms with van der Waals surface area (Å²) in [5.41, 5.74) is 2.63. The van der Waals surface area contributed by atoms with Gasteiger partial charge in [0.25, 0.3) is 0 Å². The Hall–Kier alpha value is -0.550. The fourth-order valence-corrected chi connectivity index (χ4v) is 4.71. The number of nitrogens with one attached hydrogen (secondary N) is 1. The number of hydrogen-bond donors (Lipinski definition) is 1. The highest BCUT2D eigenvalue weighted by Crippen LogP contribution is 2.49. The lowest BCUT2D eigenvalue weighted by molar-refractivity contribution is -0.125. The number of fused-ring (bicyclic) bond motifs is 1. The predicted molar refractivity (Wildman–Crippen MR) is 77.2 cm³/mol. The van der Waals surface area contributed by atoms with E-state index in [0.29, 0.717) is 6.54 Å². The molecule has 0 aromatic carbocycles. The van der Waals surface area contributed by atoms with Gasteiger partial charge in [0.15, 0.2) is 0 Å². The van der Waals surface area contributed by atoms with Gasteiger partial charge in [-0.15, -0.1) is 11.3 Å². The zero-order valence-electron chi connectivity index (χ0n) is 12.4. The van der Waals surface area contributed by atoms with Crippen molar-refractivity contribution in [1.82, 2.24) is 5.32 Å². The zero-order valence-corrected chi connectivity index (χ0v) is 13.3. The van der Waals surface area contributed by atoms with Crippen molar-refractivity contribution in [3.63, 3.8) is 0 Å². The second-order valence-electron chi connectivity index (χ2n) is 7.19. The molecule has 1 aliphatic rings. The first kappa shape index (κ1) is 15.8. The summed E-state index contributed by atoms with van der Waals surface area (Å²) >= 11 is 1.70. The van der Waals surface area contributed by atoms with Crippen molar-refractivity contribution < 1.29 is 13.2 Å². The van der Waals surface area contributed by atoms with Crippen molar-refractivity contribution >= 4 is 11.3 Å². The highest BCUT2D eigenvalue weighted by molar-refractivity contribution is 7.10. The van der Waals surface area contributed by atoms with Gasteiger partial charge in [-0.25, -0.2) is 0 Å². The molecule has 0 saturated carbocycles. The topological polar surface area (TPSA) is 12.0 Å². The van der Waals surface area contributed by atoms with E-state index in [1.165, 1.54) is 10.4 Å². The molecule has 0 atom stereocenters. The first-order valence-corrected chi connectivity index (χ1v) is 7.75. The minimum atomic E-state index is -4.14. The maximum absolute atomic E-state index is 12.2. The summed E-state index contributed by atoms with van der Waals surface area (Å²) in [5, 5.41) is 4.54. The van der Waals surface area contributed by atoms with Gasteiger partial charge in [-0.2, -0.15) is 13.2 Å². The highest BCUT2D eigenvalue weighted by Gasteiger charge is 2.39. The van der Waals surface area contributed by atoms with Gasteiger partial charge in [0.2, 0.25) is 0 Å². The first-order chi connectivity index (χ1) is 9.00. The third-order valence-corrected chi connectivity index (χ3v) is 5.25. The van der Waals surface area contributed by atoms with Crippen LogP contribution < -0.4 is 5.32 Å². The number of rotatable bonds is 3. The van der Waals surface area contributed by atoms with E-state index < -0.39 is 12.7 Å². The van der Waals surface area contributed by atoms with E-state index in [2.05, 4.69) is 33.0 Å². The summed E-state index contributed by atoms with van der Waals surface area (Å²) in [6.07, 6.45) is -2.07. The summed E-state index contributed by atoms with van der Waals surface area (Å²) in [6, 6.07) is 0. The van der Waals surface area contributed by atoms with Gasteiger partial charge in [-0.3, -0.25) is 0 Å². The van der Waals surface area contributed by atoms with E-state index in [9.17, 15) is 13.2 Å². The SMILES string of the molecule is CC1(C)Cc2c(CNCC(F)(F)F)csc2C(C)(C)C1. The van der Waals surface area contributed by atoms with Gasteiger partial charge in [0, 0.05) is 11.4 Å². The summed E-state index contributed by atoms with van der Waals surface area (Å²) in [4.78, 5) is 1.35. The molecule has 1 aliphatic carbocycles. The van der Waals surface area contributed by atoms with Crippen LogP contribution in [0, 0.1) is 5.41 Å². The van der Waals surface area contributed by atoms with Gasteiger partial charge in [0.1, 0.15) is 0 Å². The van der Waals surface area contributed by atoms with Gasteiger partial charge >= 0.3 is 6.18 Å². The van der Waals surface area contributed by atoms with Crippen LogP contribution in [0.25, 0.3) is 0 Å². The molecule has 114 valence electrons. The van der Waals surface area contributed by atoms with Crippen molar-refractivity contribution in [3.05, 3.63) is 21.4 Å². The molecule has 0 spiro atoms. The van der Waals surface area contributed by atoms with Crippen molar-refractivity contribution in [2.75, 3.05) is 6.54 Å². The maximum Gasteiger partial charge on any atom is 0.401 e. The maximum atomic E-state index is 12.2. The third kappa shape index (κ3) is 3.55. The lowest BCUT2D eigenvalue weighted by Gasteiger charge is -2.41. The second kappa shape index (κ2) is 5.02. The number of hydrogen-bond acceptors (Lipinski definition) is 2. The summed E-state index contributed by atoms with van der Waals surface area (Å²) in [5.74, 6) is 0. The van der Waals surface area contributed by atoms with Crippen molar-refractivity contribution in [1.29, 1.82) is 0 Å².